The second-order valence-corrected chi connectivity index (χ2v) is 8.26. The van der Waals surface area contributed by atoms with E-state index in [2.05, 4.69) is 4.98 Å². The first-order chi connectivity index (χ1) is 12.0. The van der Waals surface area contributed by atoms with Gasteiger partial charge in [0.05, 0.1) is 11.9 Å². The summed E-state index contributed by atoms with van der Waals surface area (Å²) >= 11 is 0. The van der Waals surface area contributed by atoms with Crippen LogP contribution in [0.1, 0.15) is 39.3 Å². The number of rotatable bonds is 1. The third-order valence-electron chi connectivity index (χ3n) is 4.77. The standard InChI is InChI=1S/C18H24F3N3O2/c1-16(2,3)26-15(25)23-8-4-7-17(10-23)11-24(12-17)13-5-6-14(22-9-13)18(19,20)21/h5-6,9H,4,7-8,10-12H2,1-3H3. The lowest BCUT2D eigenvalue weighted by molar-refractivity contribution is -0.141. The zero-order valence-corrected chi connectivity index (χ0v) is 15.3. The van der Waals surface area contributed by atoms with Crippen LogP contribution in [0.4, 0.5) is 23.7 Å². The molecule has 1 amide bonds. The molecule has 1 aromatic rings. The van der Waals surface area contributed by atoms with Crippen molar-refractivity contribution in [3.8, 4) is 0 Å². The van der Waals surface area contributed by atoms with Gasteiger partial charge in [0.1, 0.15) is 11.3 Å². The number of ether oxygens (including phenoxy) is 1. The van der Waals surface area contributed by atoms with Crippen LogP contribution < -0.4 is 4.90 Å². The molecule has 1 spiro atoms. The van der Waals surface area contributed by atoms with E-state index in [9.17, 15) is 18.0 Å². The van der Waals surface area contributed by atoms with Gasteiger partial charge in [-0.25, -0.2) is 9.78 Å². The molecule has 0 radical (unpaired) electrons. The summed E-state index contributed by atoms with van der Waals surface area (Å²) in [6.07, 6.45) is -1.56. The number of hydrogen-bond acceptors (Lipinski definition) is 4. The van der Waals surface area contributed by atoms with E-state index in [0.29, 0.717) is 31.9 Å². The summed E-state index contributed by atoms with van der Waals surface area (Å²) in [5.74, 6) is 0. The third kappa shape index (κ3) is 4.04. The van der Waals surface area contributed by atoms with Crippen molar-refractivity contribution in [1.29, 1.82) is 0 Å². The summed E-state index contributed by atoms with van der Waals surface area (Å²) in [7, 11) is 0. The van der Waals surface area contributed by atoms with Gasteiger partial charge in [0.25, 0.3) is 0 Å². The van der Waals surface area contributed by atoms with Crippen LogP contribution in [0.15, 0.2) is 18.3 Å². The Hall–Kier alpha value is -1.99. The Morgan fingerprint density at radius 1 is 1.19 bits per heavy atom. The van der Waals surface area contributed by atoms with Crippen LogP contribution in [0, 0.1) is 5.41 Å². The molecule has 144 valence electrons. The third-order valence-corrected chi connectivity index (χ3v) is 4.77. The first-order valence-corrected chi connectivity index (χ1v) is 8.74. The smallest absolute Gasteiger partial charge is 0.433 e. The molecule has 0 atom stereocenters. The molecule has 0 bridgehead atoms. The number of aromatic nitrogens is 1. The van der Waals surface area contributed by atoms with Crippen molar-refractivity contribution in [2.45, 2.75) is 45.4 Å². The van der Waals surface area contributed by atoms with E-state index in [1.165, 1.54) is 12.3 Å². The average Bonchev–Trinajstić information content (AvgIpc) is 2.50. The van der Waals surface area contributed by atoms with Crippen molar-refractivity contribution < 1.29 is 22.7 Å². The number of amides is 1. The number of anilines is 1. The Balaban J connectivity index is 1.60. The Kier molecular flexibility index (Phi) is 4.56. The SMILES string of the molecule is CC(C)(C)OC(=O)N1CCCC2(C1)CN(c1ccc(C(F)(F)F)nc1)C2. The number of carbonyl (C=O) groups is 1. The highest BCUT2D eigenvalue weighted by molar-refractivity contribution is 5.68. The Morgan fingerprint density at radius 2 is 1.88 bits per heavy atom. The molecule has 0 saturated carbocycles. The summed E-state index contributed by atoms with van der Waals surface area (Å²) in [6.45, 7) is 8.23. The van der Waals surface area contributed by atoms with E-state index >= 15 is 0 Å². The largest absolute Gasteiger partial charge is 0.444 e. The van der Waals surface area contributed by atoms with Gasteiger partial charge in [-0.05, 0) is 45.7 Å². The molecule has 0 N–H and O–H groups in total. The monoisotopic (exact) mass is 371 g/mol. The average molecular weight is 371 g/mol. The lowest BCUT2D eigenvalue weighted by Gasteiger charge is -2.55. The zero-order valence-electron chi connectivity index (χ0n) is 15.3. The van der Waals surface area contributed by atoms with Gasteiger partial charge in [0, 0.05) is 31.6 Å². The van der Waals surface area contributed by atoms with Crippen molar-refractivity contribution in [2.24, 2.45) is 5.41 Å². The van der Waals surface area contributed by atoms with Gasteiger partial charge in [-0.3, -0.25) is 0 Å². The maximum absolute atomic E-state index is 12.6. The van der Waals surface area contributed by atoms with E-state index in [0.717, 1.165) is 18.9 Å². The number of pyridine rings is 1. The van der Waals surface area contributed by atoms with Gasteiger partial charge in [-0.2, -0.15) is 13.2 Å². The zero-order chi connectivity index (χ0) is 19.2. The summed E-state index contributed by atoms with van der Waals surface area (Å²) in [5, 5.41) is 0. The first-order valence-electron chi connectivity index (χ1n) is 8.74. The van der Waals surface area contributed by atoms with Crippen molar-refractivity contribution in [1.82, 2.24) is 9.88 Å². The molecule has 2 aliphatic heterocycles. The molecule has 2 fully saturated rings. The van der Waals surface area contributed by atoms with E-state index in [-0.39, 0.29) is 11.5 Å². The highest BCUT2D eigenvalue weighted by Crippen LogP contribution is 2.41. The molecular formula is C18H24F3N3O2. The summed E-state index contributed by atoms with van der Waals surface area (Å²) < 4.78 is 43.3. The van der Waals surface area contributed by atoms with Crippen LogP contribution in [-0.4, -0.2) is 47.8 Å². The molecule has 0 aromatic carbocycles. The summed E-state index contributed by atoms with van der Waals surface area (Å²) in [4.78, 5) is 19.6. The van der Waals surface area contributed by atoms with Crippen LogP contribution >= 0.6 is 0 Å². The summed E-state index contributed by atoms with van der Waals surface area (Å²) in [5.41, 5.74) is -0.750. The van der Waals surface area contributed by atoms with Crippen LogP contribution in [0.2, 0.25) is 0 Å². The predicted molar refractivity (Wildman–Crippen MR) is 90.9 cm³/mol. The van der Waals surface area contributed by atoms with Crippen molar-refractivity contribution in [3.63, 3.8) is 0 Å². The molecule has 0 unspecified atom stereocenters. The maximum Gasteiger partial charge on any atom is 0.433 e. The number of nitrogens with zero attached hydrogens (tertiary/aromatic N) is 3. The van der Waals surface area contributed by atoms with Gasteiger partial charge in [-0.15, -0.1) is 0 Å². The highest BCUT2D eigenvalue weighted by atomic mass is 19.4. The fourth-order valence-electron chi connectivity index (χ4n) is 3.64. The fourth-order valence-corrected chi connectivity index (χ4v) is 3.64. The van der Waals surface area contributed by atoms with Gasteiger partial charge in [0.2, 0.25) is 0 Å². The minimum atomic E-state index is -4.42. The molecule has 26 heavy (non-hydrogen) atoms. The normalized spacial score (nSPS) is 20.1. The predicted octanol–water partition coefficient (Wildman–Crippen LogP) is 3.94. The van der Waals surface area contributed by atoms with Crippen LogP contribution in [0.25, 0.3) is 0 Å². The lowest BCUT2D eigenvalue weighted by Crippen LogP contribution is -2.64. The number of hydrogen-bond donors (Lipinski definition) is 0. The second-order valence-electron chi connectivity index (χ2n) is 8.26. The topological polar surface area (TPSA) is 45.7 Å². The molecule has 8 heteroatoms. The van der Waals surface area contributed by atoms with Gasteiger partial charge < -0.3 is 14.5 Å². The number of likely N-dealkylation sites (tertiary alicyclic amines) is 1. The second kappa shape index (κ2) is 6.32. The number of carbonyl (C=O) groups excluding carboxylic acids is 1. The van der Waals surface area contributed by atoms with Crippen LogP contribution in [0.3, 0.4) is 0 Å². The van der Waals surface area contributed by atoms with E-state index in [4.69, 9.17) is 4.74 Å². The molecule has 0 aliphatic carbocycles. The lowest BCUT2D eigenvalue weighted by atomic mass is 9.73. The van der Waals surface area contributed by atoms with Gasteiger partial charge >= 0.3 is 12.3 Å². The van der Waals surface area contributed by atoms with Gasteiger partial charge in [-0.1, -0.05) is 0 Å². The summed E-state index contributed by atoms with van der Waals surface area (Å²) in [6, 6.07) is 2.46. The molecule has 2 aliphatic rings. The van der Waals surface area contributed by atoms with E-state index in [1.54, 1.807) is 4.90 Å². The van der Waals surface area contributed by atoms with Gasteiger partial charge in [0.15, 0.2) is 0 Å². The Labute approximate surface area is 151 Å². The number of alkyl halides is 3. The van der Waals surface area contributed by atoms with Crippen LogP contribution in [-0.2, 0) is 10.9 Å². The molecule has 3 rings (SSSR count). The van der Waals surface area contributed by atoms with Crippen molar-refractivity contribution >= 4 is 11.8 Å². The number of halogens is 3. The van der Waals surface area contributed by atoms with E-state index in [1.807, 2.05) is 25.7 Å². The van der Waals surface area contributed by atoms with Crippen molar-refractivity contribution in [3.05, 3.63) is 24.0 Å². The Bertz CT molecular complexity index is 662. The molecule has 2 saturated heterocycles. The number of piperidine rings is 1. The molecular weight excluding hydrogens is 347 g/mol. The molecule has 1 aromatic heterocycles. The van der Waals surface area contributed by atoms with Crippen LogP contribution in [0.5, 0.6) is 0 Å². The molecule has 5 nitrogen and oxygen atoms in total. The minimum Gasteiger partial charge on any atom is -0.444 e. The highest BCUT2D eigenvalue weighted by Gasteiger charge is 2.47. The van der Waals surface area contributed by atoms with E-state index < -0.39 is 17.5 Å². The Morgan fingerprint density at radius 3 is 2.42 bits per heavy atom. The van der Waals surface area contributed by atoms with Crippen molar-refractivity contribution in [2.75, 3.05) is 31.1 Å². The fraction of sp³-hybridized carbons (Fsp3) is 0.667. The maximum atomic E-state index is 12.6. The first kappa shape index (κ1) is 18.8. The molecule has 3 heterocycles. The quantitative estimate of drug-likeness (QED) is 0.750. The minimum absolute atomic E-state index is 0.0160.